The summed E-state index contributed by atoms with van der Waals surface area (Å²) in [7, 11) is 1.29. The van der Waals surface area contributed by atoms with Crippen LogP contribution in [0.15, 0.2) is 24.4 Å². The molecule has 0 aliphatic heterocycles. The number of anilines is 1. The van der Waals surface area contributed by atoms with Crippen LogP contribution in [0.1, 0.15) is 5.56 Å². The fourth-order valence-corrected chi connectivity index (χ4v) is 1.53. The summed E-state index contributed by atoms with van der Waals surface area (Å²) in [6.45, 7) is 0. The maximum absolute atomic E-state index is 12.4. The van der Waals surface area contributed by atoms with Crippen molar-refractivity contribution in [1.82, 2.24) is 10.4 Å². The summed E-state index contributed by atoms with van der Waals surface area (Å²) in [6.07, 6.45) is -2.68. The van der Waals surface area contributed by atoms with Crippen molar-refractivity contribution in [2.24, 2.45) is 0 Å². The number of carboxylic acid groups (broad SMARTS) is 1. The molecule has 0 spiro atoms. The van der Waals surface area contributed by atoms with Crippen molar-refractivity contribution in [3.63, 3.8) is 0 Å². The van der Waals surface area contributed by atoms with Gasteiger partial charge in [0.15, 0.2) is 5.82 Å². The first-order valence-electron chi connectivity index (χ1n) is 5.29. The normalized spacial score (nSPS) is 11.5. The Morgan fingerprint density at radius 3 is 2.52 bits per heavy atom. The first-order chi connectivity index (χ1) is 9.61. The van der Waals surface area contributed by atoms with Crippen molar-refractivity contribution in [2.45, 2.75) is 6.18 Å². The zero-order valence-corrected chi connectivity index (χ0v) is 11.2. The molecule has 1 rings (SSSR count). The fourth-order valence-electron chi connectivity index (χ4n) is 1.24. The highest BCUT2D eigenvalue weighted by molar-refractivity contribution is 6.33. The molecule has 6 nitrogen and oxygen atoms in total. The number of pyridine rings is 1. The van der Waals surface area contributed by atoms with Crippen LogP contribution >= 0.6 is 11.6 Å². The van der Waals surface area contributed by atoms with Crippen molar-refractivity contribution in [3.8, 4) is 0 Å². The van der Waals surface area contributed by atoms with E-state index in [1.165, 1.54) is 7.05 Å². The summed E-state index contributed by atoms with van der Waals surface area (Å²) in [5.41, 5.74) is 1.14. The van der Waals surface area contributed by atoms with E-state index >= 15 is 0 Å². The number of carboxylic acids is 1. The van der Waals surface area contributed by atoms with Gasteiger partial charge in [-0.25, -0.2) is 9.78 Å². The van der Waals surface area contributed by atoms with Gasteiger partial charge in [0, 0.05) is 25.4 Å². The topological polar surface area (TPSA) is 82.5 Å². The van der Waals surface area contributed by atoms with Gasteiger partial charge in [-0.3, -0.25) is 15.2 Å². The number of hydrogen-bond acceptors (Lipinski definition) is 4. The third-order valence-corrected chi connectivity index (χ3v) is 2.40. The molecule has 0 atom stereocenters. The van der Waals surface area contributed by atoms with Crippen molar-refractivity contribution in [1.29, 1.82) is 0 Å². The predicted octanol–water partition coefficient (Wildman–Crippen LogP) is 1.86. The number of hydrogen-bond donors (Lipinski definition) is 2. The van der Waals surface area contributed by atoms with E-state index in [9.17, 15) is 22.8 Å². The highest BCUT2D eigenvalue weighted by Crippen LogP contribution is 2.32. The van der Waals surface area contributed by atoms with Crippen LogP contribution < -0.4 is 10.4 Å². The van der Waals surface area contributed by atoms with Crippen LogP contribution in [0.25, 0.3) is 0 Å². The van der Waals surface area contributed by atoms with Crippen molar-refractivity contribution in [2.75, 3.05) is 12.1 Å². The number of amides is 1. The molecule has 0 saturated carbocycles. The number of aromatic nitrogens is 1. The second-order valence-electron chi connectivity index (χ2n) is 3.73. The number of aliphatic carboxylic acids is 1. The van der Waals surface area contributed by atoms with Gasteiger partial charge in [0.05, 0.1) is 10.6 Å². The van der Waals surface area contributed by atoms with Crippen molar-refractivity contribution >= 4 is 29.3 Å². The molecule has 0 aliphatic carbocycles. The molecule has 1 aromatic heterocycles. The third kappa shape index (κ3) is 4.95. The molecular weight excluding hydrogens is 315 g/mol. The SMILES string of the molecule is CN(NC(=O)/C=C/C(=O)O)c1ncc(C(F)(F)F)cc1Cl. The Kier molecular flexibility index (Phi) is 5.14. The number of carbonyl (C=O) groups excluding carboxylic acids is 1. The Morgan fingerprint density at radius 2 is 2.05 bits per heavy atom. The van der Waals surface area contributed by atoms with E-state index in [2.05, 4.69) is 10.4 Å². The predicted molar refractivity (Wildman–Crippen MR) is 67.6 cm³/mol. The minimum absolute atomic E-state index is 0.123. The van der Waals surface area contributed by atoms with E-state index in [4.69, 9.17) is 16.7 Å². The van der Waals surface area contributed by atoms with Gasteiger partial charge in [-0.2, -0.15) is 13.2 Å². The molecule has 0 aromatic carbocycles. The van der Waals surface area contributed by atoms with Gasteiger partial charge < -0.3 is 5.11 Å². The van der Waals surface area contributed by atoms with Gasteiger partial charge in [0.25, 0.3) is 5.91 Å². The molecule has 0 radical (unpaired) electrons. The average Bonchev–Trinajstić information content (AvgIpc) is 2.34. The fraction of sp³-hybridized carbons (Fsp3) is 0.182. The highest BCUT2D eigenvalue weighted by atomic mass is 35.5. The maximum atomic E-state index is 12.4. The number of nitrogens with zero attached hydrogens (tertiary/aromatic N) is 2. The molecule has 0 unspecified atom stereocenters. The Hall–Kier alpha value is -2.29. The van der Waals surface area contributed by atoms with E-state index in [1.54, 1.807) is 0 Å². The van der Waals surface area contributed by atoms with Crippen LogP contribution in [0.3, 0.4) is 0 Å². The smallest absolute Gasteiger partial charge is 0.417 e. The number of alkyl halides is 3. The molecule has 1 amide bonds. The van der Waals surface area contributed by atoms with Gasteiger partial charge in [0.2, 0.25) is 0 Å². The number of halogens is 4. The number of rotatable bonds is 4. The summed E-state index contributed by atoms with van der Waals surface area (Å²) in [4.78, 5) is 25.1. The first-order valence-corrected chi connectivity index (χ1v) is 5.67. The van der Waals surface area contributed by atoms with Gasteiger partial charge in [0.1, 0.15) is 0 Å². The standard InChI is InChI=1S/C11H9ClF3N3O3/c1-18(17-8(19)2-3-9(20)21)10-7(12)4-6(5-16-10)11(13,14)15/h2-5H,1H3,(H,17,19)(H,20,21)/b3-2+. The Bertz CT molecular complexity index is 590. The number of nitrogens with one attached hydrogen (secondary N) is 1. The van der Waals surface area contributed by atoms with E-state index in [0.29, 0.717) is 18.3 Å². The van der Waals surface area contributed by atoms with Crippen LogP contribution in [-0.2, 0) is 15.8 Å². The zero-order chi connectivity index (χ0) is 16.2. The zero-order valence-electron chi connectivity index (χ0n) is 10.5. The van der Waals surface area contributed by atoms with Crippen molar-refractivity contribution < 1.29 is 27.9 Å². The van der Waals surface area contributed by atoms with Gasteiger partial charge >= 0.3 is 12.1 Å². The summed E-state index contributed by atoms with van der Waals surface area (Å²) in [5, 5.41) is 8.99. The van der Waals surface area contributed by atoms with Gasteiger partial charge in [-0.05, 0) is 6.07 Å². The maximum Gasteiger partial charge on any atom is 0.417 e. The minimum Gasteiger partial charge on any atom is -0.478 e. The highest BCUT2D eigenvalue weighted by Gasteiger charge is 2.31. The monoisotopic (exact) mass is 323 g/mol. The second-order valence-corrected chi connectivity index (χ2v) is 4.14. The summed E-state index contributed by atoms with van der Waals surface area (Å²) >= 11 is 5.67. The molecule has 114 valence electrons. The molecule has 0 saturated heterocycles. The molecule has 1 heterocycles. The summed E-state index contributed by atoms with van der Waals surface area (Å²) in [6, 6.07) is 0.666. The van der Waals surface area contributed by atoms with Crippen LogP contribution in [0.2, 0.25) is 5.02 Å². The number of carbonyl (C=O) groups is 2. The lowest BCUT2D eigenvalue weighted by molar-refractivity contribution is -0.138. The van der Waals surface area contributed by atoms with Gasteiger partial charge in [-0.1, -0.05) is 11.6 Å². The third-order valence-electron chi connectivity index (χ3n) is 2.12. The van der Waals surface area contributed by atoms with Crippen LogP contribution in [0, 0.1) is 0 Å². The molecule has 0 fully saturated rings. The number of hydrazine groups is 1. The molecule has 10 heteroatoms. The second kappa shape index (κ2) is 6.44. The van der Waals surface area contributed by atoms with Gasteiger partial charge in [-0.15, -0.1) is 0 Å². The lowest BCUT2D eigenvalue weighted by atomic mass is 10.3. The molecule has 21 heavy (non-hydrogen) atoms. The van der Waals surface area contributed by atoms with Crippen LogP contribution in [-0.4, -0.2) is 29.0 Å². The Balaban J connectivity index is 2.86. The molecule has 0 aliphatic rings. The summed E-state index contributed by atoms with van der Waals surface area (Å²) in [5.74, 6) is -2.25. The molecule has 2 N–H and O–H groups in total. The van der Waals surface area contributed by atoms with E-state index in [-0.39, 0.29) is 10.8 Å². The summed E-state index contributed by atoms with van der Waals surface area (Å²) < 4.78 is 37.3. The largest absolute Gasteiger partial charge is 0.478 e. The first kappa shape index (κ1) is 16.8. The lowest BCUT2D eigenvalue weighted by Gasteiger charge is -2.20. The molecule has 1 aromatic rings. The van der Waals surface area contributed by atoms with Crippen LogP contribution in [0.5, 0.6) is 0 Å². The van der Waals surface area contributed by atoms with E-state index in [0.717, 1.165) is 11.1 Å². The Labute approximate surface area is 121 Å². The molecule has 0 bridgehead atoms. The van der Waals surface area contributed by atoms with E-state index < -0.39 is 23.6 Å². The van der Waals surface area contributed by atoms with Crippen molar-refractivity contribution in [3.05, 3.63) is 35.0 Å². The van der Waals surface area contributed by atoms with E-state index in [1.807, 2.05) is 0 Å². The average molecular weight is 324 g/mol. The molecular formula is C11H9ClF3N3O3. The minimum atomic E-state index is -4.58. The Morgan fingerprint density at radius 1 is 1.43 bits per heavy atom. The quantitative estimate of drug-likeness (QED) is 0.653. The van der Waals surface area contributed by atoms with Crippen LogP contribution in [0.4, 0.5) is 19.0 Å². The lowest BCUT2D eigenvalue weighted by Crippen LogP contribution is -2.39.